The molecule has 0 unspecified atom stereocenters. The summed E-state index contributed by atoms with van der Waals surface area (Å²) in [5.41, 5.74) is 6.52. The van der Waals surface area contributed by atoms with Crippen molar-refractivity contribution in [2.45, 2.75) is 78.6 Å². The first kappa shape index (κ1) is 44.3. The Morgan fingerprint density at radius 3 is 1.63 bits per heavy atom. The molecule has 0 aliphatic carbocycles. The first-order valence-electron chi connectivity index (χ1n) is 27.0. The zero-order chi connectivity index (χ0) is 56.2. The molecular formula is C66H58F4N4O. The predicted octanol–water partition coefficient (Wildman–Crippen LogP) is 18.7. The highest BCUT2D eigenvalue weighted by Gasteiger charge is 2.34. The maximum atomic E-state index is 15.4. The van der Waals surface area contributed by atoms with Crippen LogP contribution in [0.25, 0.3) is 61.0 Å². The number of rotatable bonds is 8. The Labute approximate surface area is 441 Å². The molecule has 0 atom stereocenters. The van der Waals surface area contributed by atoms with Crippen molar-refractivity contribution in [1.82, 2.24) is 9.55 Å². The van der Waals surface area contributed by atoms with Crippen molar-refractivity contribution in [3.63, 3.8) is 0 Å². The van der Waals surface area contributed by atoms with E-state index in [1.54, 1.807) is 12.1 Å². The fraction of sp³-hybridized carbons (Fsp3) is 0.197. The number of hydrogen-bond donors (Lipinski definition) is 0. The van der Waals surface area contributed by atoms with Crippen molar-refractivity contribution in [2.75, 3.05) is 16.5 Å². The number of anilines is 4. The average molecular weight is 1000 g/mol. The highest BCUT2D eigenvalue weighted by molar-refractivity contribution is 6.09. The van der Waals surface area contributed by atoms with Crippen LogP contribution in [-0.4, -0.2) is 16.2 Å². The second kappa shape index (κ2) is 18.3. The van der Waals surface area contributed by atoms with Gasteiger partial charge in [-0.2, -0.15) is 0 Å². The van der Waals surface area contributed by atoms with Crippen molar-refractivity contribution < 1.29 is 27.8 Å². The fourth-order valence-corrected chi connectivity index (χ4v) is 10.0. The molecule has 1 aliphatic rings. The Balaban J connectivity index is 1.13. The molecule has 2 aromatic heterocycles. The molecule has 0 radical (unpaired) electrons. The third-order valence-electron chi connectivity index (χ3n) is 13.9. The SMILES string of the molecule is [2H]c1c([2H])c(C(C)(C)C)c([2H])c([2H])c1-c1cc(Oc2ccc3c4ccccc4n(-c4cc(C(C)(C)C)ccn4)c3c2)cc(N2CN(c3c(-c4cc(F)cc(F)c4)cc(C(C)(C)C)cc3-c3cc(F)cc(F)c3)c3ccccc32)c1. The molecule has 0 saturated heterocycles. The van der Waals surface area contributed by atoms with E-state index in [4.69, 9.17) is 9.72 Å². The smallest absolute Gasteiger partial charge is 0.137 e. The number of aromatic nitrogens is 2. The Morgan fingerprint density at radius 2 is 1.03 bits per heavy atom. The van der Waals surface area contributed by atoms with E-state index in [9.17, 15) is 5.48 Å². The lowest BCUT2D eigenvalue weighted by Crippen LogP contribution is -2.25. The minimum Gasteiger partial charge on any atom is -0.457 e. The van der Waals surface area contributed by atoms with Crippen LogP contribution in [-0.2, 0) is 16.2 Å². The summed E-state index contributed by atoms with van der Waals surface area (Å²) >= 11 is 0. The van der Waals surface area contributed by atoms with Crippen molar-refractivity contribution in [2.24, 2.45) is 0 Å². The van der Waals surface area contributed by atoms with Gasteiger partial charge < -0.3 is 14.5 Å². The fourth-order valence-electron chi connectivity index (χ4n) is 10.0. The van der Waals surface area contributed by atoms with Crippen LogP contribution < -0.4 is 14.5 Å². The molecule has 0 fully saturated rings. The summed E-state index contributed by atoms with van der Waals surface area (Å²) in [6.07, 6.45) is 1.83. The minimum atomic E-state index is -0.801. The van der Waals surface area contributed by atoms with Crippen LogP contribution >= 0.6 is 0 Å². The monoisotopic (exact) mass is 1000 g/mol. The molecule has 3 heterocycles. The predicted molar refractivity (Wildman–Crippen MR) is 299 cm³/mol. The van der Waals surface area contributed by atoms with Gasteiger partial charge in [0.2, 0.25) is 0 Å². The molecule has 376 valence electrons. The highest BCUT2D eigenvalue weighted by atomic mass is 19.1. The maximum Gasteiger partial charge on any atom is 0.137 e. The lowest BCUT2D eigenvalue weighted by atomic mass is 9.82. The topological polar surface area (TPSA) is 33.5 Å². The summed E-state index contributed by atoms with van der Waals surface area (Å²) in [6, 6.07) is 40.6. The highest BCUT2D eigenvalue weighted by Crippen LogP contribution is 2.52. The standard InChI is InChI=1S/C66H58F4N4O/c1-64(2,3)44-20-18-40(19-21-44)41-30-51(37-53(31-41)75-52-22-23-55-54-14-10-11-15-58(54)74(61(55)38-52)62-34-45(24-25-71-62)65(4,5)6)72-39-73(60-17-13-12-16-59(60)72)63-56(42-26-47(67)35-48(68)27-42)32-46(66(7,8)9)33-57(63)43-28-49(69)36-50(70)29-43/h10-38H,39H2,1-9H3/i18D,19D,20D,21D. The van der Waals surface area contributed by atoms with Crippen LogP contribution in [0.5, 0.6) is 11.5 Å². The van der Waals surface area contributed by atoms with Gasteiger partial charge in [-0.05, 0) is 146 Å². The number of ether oxygens (including phenoxy) is 1. The van der Waals surface area contributed by atoms with Crippen LogP contribution in [0.4, 0.5) is 40.3 Å². The van der Waals surface area contributed by atoms with Gasteiger partial charge >= 0.3 is 0 Å². The van der Waals surface area contributed by atoms with Crippen LogP contribution in [0.1, 0.15) is 84.5 Å². The summed E-state index contributed by atoms with van der Waals surface area (Å²) in [4.78, 5) is 8.81. The van der Waals surface area contributed by atoms with Crippen molar-refractivity contribution in [3.8, 4) is 50.7 Å². The Morgan fingerprint density at radius 1 is 0.467 bits per heavy atom. The second-order valence-corrected chi connectivity index (χ2v) is 22.5. The molecule has 0 bridgehead atoms. The van der Waals surface area contributed by atoms with Crippen molar-refractivity contribution >= 4 is 44.6 Å². The van der Waals surface area contributed by atoms with Gasteiger partial charge in [0.1, 0.15) is 47.3 Å². The number of benzene rings is 8. The van der Waals surface area contributed by atoms with E-state index in [0.29, 0.717) is 50.9 Å². The zero-order valence-corrected chi connectivity index (χ0v) is 43.3. The van der Waals surface area contributed by atoms with Crippen molar-refractivity contribution in [3.05, 3.63) is 216 Å². The lowest BCUT2D eigenvalue weighted by Gasteiger charge is -2.30. The summed E-state index contributed by atoms with van der Waals surface area (Å²) < 4.78 is 108. The van der Waals surface area contributed by atoms with Gasteiger partial charge in [-0.3, -0.25) is 4.57 Å². The molecule has 1 aliphatic heterocycles. The molecular weight excluding hydrogens is 941 g/mol. The zero-order valence-electron chi connectivity index (χ0n) is 47.3. The molecule has 5 nitrogen and oxygen atoms in total. The Hall–Kier alpha value is -8.17. The Bertz CT molecular complexity index is 3970. The summed E-state index contributed by atoms with van der Waals surface area (Å²) in [6.45, 7) is 18.1. The van der Waals surface area contributed by atoms with Gasteiger partial charge in [-0.25, -0.2) is 22.5 Å². The lowest BCUT2D eigenvalue weighted by molar-refractivity contribution is 0.483. The first-order chi connectivity index (χ1) is 37.3. The number of halogens is 4. The number of fused-ring (bicyclic) bond motifs is 4. The van der Waals surface area contributed by atoms with Gasteiger partial charge in [0.15, 0.2) is 0 Å². The van der Waals surface area contributed by atoms with E-state index in [0.717, 1.165) is 50.9 Å². The van der Waals surface area contributed by atoms with E-state index in [2.05, 4.69) is 43.5 Å². The van der Waals surface area contributed by atoms with Gasteiger partial charge in [0.25, 0.3) is 0 Å². The molecule has 0 amide bonds. The van der Waals surface area contributed by atoms with Crippen LogP contribution in [0.2, 0.25) is 0 Å². The van der Waals surface area contributed by atoms with Crippen LogP contribution in [0.15, 0.2) is 176 Å². The summed E-state index contributed by atoms with van der Waals surface area (Å²) in [5, 5.41) is 2.01. The third kappa shape index (κ3) is 9.41. The van der Waals surface area contributed by atoms with Gasteiger partial charge in [0.05, 0.1) is 33.6 Å². The van der Waals surface area contributed by atoms with E-state index in [1.165, 1.54) is 24.3 Å². The van der Waals surface area contributed by atoms with E-state index < -0.39 is 34.1 Å². The minimum absolute atomic E-state index is 0.0389. The quantitative estimate of drug-likeness (QED) is 0.142. The third-order valence-corrected chi connectivity index (χ3v) is 13.9. The van der Waals surface area contributed by atoms with Crippen LogP contribution in [0.3, 0.4) is 0 Å². The summed E-state index contributed by atoms with van der Waals surface area (Å²) in [7, 11) is 0. The average Bonchev–Trinajstić information content (AvgIpc) is 4.20. The largest absolute Gasteiger partial charge is 0.457 e. The maximum absolute atomic E-state index is 15.4. The number of pyridine rings is 1. The molecule has 8 aromatic carbocycles. The molecule has 75 heavy (non-hydrogen) atoms. The molecule has 10 aromatic rings. The molecule has 0 N–H and O–H groups in total. The van der Waals surface area contributed by atoms with Gasteiger partial charge in [-0.1, -0.05) is 117 Å². The second-order valence-electron chi connectivity index (χ2n) is 22.5. The van der Waals surface area contributed by atoms with Crippen molar-refractivity contribution in [1.29, 1.82) is 0 Å². The van der Waals surface area contributed by atoms with E-state index in [1.807, 2.05) is 136 Å². The van der Waals surface area contributed by atoms with Gasteiger partial charge in [0, 0.05) is 58.0 Å². The van der Waals surface area contributed by atoms with E-state index in [-0.39, 0.29) is 58.5 Å². The molecule has 9 heteroatoms. The Kier molecular flexibility index (Phi) is 10.8. The number of hydrogen-bond acceptors (Lipinski definition) is 4. The number of nitrogens with zero attached hydrogens (tertiary/aromatic N) is 4. The number of para-hydroxylation sites is 3. The van der Waals surface area contributed by atoms with Crippen LogP contribution in [0, 0.1) is 23.3 Å². The normalized spacial score (nSPS) is 13.8. The molecule has 11 rings (SSSR count). The molecule has 0 saturated carbocycles. The summed E-state index contributed by atoms with van der Waals surface area (Å²) in [5.74, 6) is -1.68. The first-order valence-corrected chi connectivity index (χ1v) is 25.0. The van der Waals surface area contributed by atoms with Gasteiger partial charge in [-0.15, -0.1) is 0 Å². The van der Waals surface area contributed by atoms with E-state index >= 15 is 17.6 Å². The molecule has 0 spiro atoms.